The van der Waals surface area contributed by atoms with Crippen molar-refractivity contribution < 1.29 is 14.7 Å². The fraction of sp³-hybridized carbons (Fsp3) is 0.867. The lowest BCUT2D eigenvalue weighted by molar-refractivity contribution is -0.141. The van der Waals surface area contributed by atoms with Crippen LogP contribution in [0.3, 0.4) is 0 Å². The molecule has 1 rings (SSSR count). The molecule has 2 atom stereocenters. The van der Waals surface area contributed by atoms with Crippen LogP contribution in [-0.4, -0.2) is 66.2 Å². The van der Waals surface area contributed by atoms with Gasteiger partial charge < -0.3 is 20.2 Å². The maximum Gasteiger partial charge on any atom is 0.317 e. The summed E-state index contributed by atoms with van der Waals surface area (Å²) >= 11 is 0. The summed E-state index contributed by atoms with van der Waals surface area (Å²) in [7, 11) is 2.08. The van der Waals surface area contributed by atoms with E-state index >= 15 is 0 Å². The summed E-state index contributed by atoms with van der Waals surface area (Å²) < 4.78 is 0. The van der Waals surface area contributed by atoms with Crippen LogP contribution in [0.4, 0.5) is 4.79 Å². The molecular formula is C15H29N3O3. The highest BCUT2D eigenvalue weighted by Gasteiger charge is 2.27. The molecule has 6 nitrogen and oxygen atoms in total. The largest absolute Gasteiger partial charge is 0.481 e. The third kappa shape index (κ3) is 5.53. The molecule has 1 saturated heterocycles. The Bertz CT molecular complexity index is 349. The van der Waals surface area contributed by atoms with E-state index in [4.69, 9.17) is 5.11 Å². The Kier molecular flexibility index (Phi) is 7.50. The van der Waals surface area contributed by atoms with Crippen LogP contribution in [0, 0.1) is 5.92 Å². The van der Waals surface area contributed by atoms with Crippen molar-refractivity contribution in [1.82, 2.24) is 15.1 Å². The third-order valence-corrected chi connectivity index (χ3v) is 4.12. The molecule has 1 fully saturated rings. The number of amides is 2. The quantitative estimate of drug-likeness (QED) is 0.781. The number of hydrogen-bond donors (Lipinski definition) is 2. The number of likely N-dealkylation sites (N-methyl/N-ethyl adjacent to an activating group) is 1. The number of carbonyl (C=O) groups is 2. The first kappa shape index (κ1) is 17.8. The molecule has 1 aliphatic rings. The first-order valence-corrected chi connectivity index (χ1v) is 7.95. The van der Waals surface area contributed by atoms with Crippen LogP contribution >= 0.6 is 0 Å². The number of carboxylic acid groups (broad SMARTS) is 1. The number of nitrogens with one attached hydrogen (secondary N) is 1. The first-order valence-electron chi connectivity index (χ1n) is 7.95. The molecule has 0 aromatic rings. The van der Waals surface area contributed by atoms with E-state index in [9.17, 15) is 9.59 Å². The van der Waals surface area contributed by atoms with Gasteiger partial charge in [0.15, 0.2) is 0 Å². The second kappa shape index (κ2) is 8.87. The van der Waals surface area contributed by atoms with Crippen molar-refractivity contribution in [3.8, 4) is 0 Å². The van der Waals surface area contributed by atoms with Gasteiger partial charge in [0.25, 0.3) is 0 Å². The third-order valence-electron chi connectivity index (χ3n) is 4.12. The van der Waals surface area contributed by atoms with Crippen molar-refractivity contribution in [2.45, 2.75) is 45.6 Å². The summed E-state index contributed by atoms with van der Waals surface area (Å²) in [5, 5.41) is 11.9. The maximum atomic E-state index is 12.4. The van der Waals surface area contributed by atoms with Gasteiger partial charge in [0.2, 0.25) is 0 Å². The van der Waals surface area contributed by atoms with Gasteiger partial charge in [-0.3, -0.25) is 4.79 Å². The second-order valence-electron chi connectivity index (χ2n) is 5.88. The summed E-state index contributed by atoms with van der Waals surface area (Å²) in [6.07, 6.45) is 3.27. The fourth-order valence-electron chi connectivity index (χ4n) is 2.83. The molecule has 21 heavy (non-hydrogen) atoms. The van der Waals surface area contributed by atoms with Gasteiger partial charge in [-0.05, 0) is 32.9 Å². The summed E-state index contributed by atoms with van der Waals surface area (Å²) in [4.78, 5) is 27.6. The Morgan fingerprint density at radius 2 is 2.05 bits per heavy atom. The number of rotatable bonds is 6. The lowest BCUT2D eigenvalue weighted by Crippen LogP contribution is -2.49. The summed E-state index contributed by atoms with van der Waals surface area (Å²) in [6.45, 7) is 6.86. The average molecular weight is 299 g/mol. The highest BCUT2D eigenvalue weighted by molar-refractivity contribution is 5.76. The van der Waals surface area contributed by atoms with Gasteiger partial charge >= 0.3 is 12.0 Å². The summed E-state index contributed by atoms with van der Waals surface area (Å²) in [6, 6.07) is 0.0754. The predicted molar refractivity (Wildman–Crippen MR) is 82.3 cm³/mol. The Morgan fingerprint density at radius 1 is 1.33 bits per heavy atom. The molecule has 6 heteroatoms. The minimum Gasteiger partial charge on any atom is -0.481 e. The van der Waals surface area contributed by atoms with Crippen LogP contribution in [0.2, 0.25) is 0 Å². The van der Waals surface area contributed by atoms with E-state index in [0.29, 0.717) is 6.42 Å². The average Bonchev–Trinajstić information content (AvgIpc) is 2.63. The number of hydrogen-bond acceptors (Lipinski definition) is 3. The van der Waals surface area contributed by atoms with E-state index in [-0.39, 0.29) is 18.6 Å². The molecule has 2 N–H and O–H groups in total. The van der Waals surface area contributed by atoms with Crippen molar-refractivity contribution in [2.75, 3.05) is 33.2 Å². The van der Waals surface area contributed by atoms with Gasteiger partial charge in [-0.15, -0.1) is 0 Å². The Balaban J connectivity index is 2.57. The zero-order valence-electron chi connectivity index (χ0n) is 13.5. The number of carboxylic acids is 1. The van der Waals surface area contributed by atoms with Crippen LogP contribution in [0.5, 0.6) is 0 Å². The Morgan fingerprint density at radius 3 is 2.62 bits per heavy atom. The minimum absolute atomic E-state index is 0.125. The van der Waals surface area contributed by atoms with E-state index in [1.165, 1.54) is 0 Å². The van der Waals surface area contributed by atoms with Crippen molar-refractivity contribution in [2.24, 2.45) is 5.92 Å². The van der Waals surface area contributed by atoms with Crippen LogP contribution in [0.1, 0.15) is 39.5 Å². The number of carbonyl (C=O) groups excluding carboxylic acids is 1. The van der Waals surface area contributed by atoms with Gasteiger partial charge in [-0.25, -0.2) is 4.79 Å². The van der Waals surface area contributed by atoms with Gasteiger partial charge in [-0.1, -0.05) is 20.3 Å². The van der Waals surface area contributed by atoms with Crippen molar-refractivity contribution >= 4 is 12.0 Å². The normalized spacial score (nSPS) is 21.7. The van der Waals surface area contributed by atoms with Crippen LogP contribution in [0.15, 0.2) is 0 Å². The molecule has 1 heterocycles. The molecule has 0 saturated carbocycles. The van der Waals surface area contributed by atoms with Gasteiger partial charge in [0, 0.05) is 25.7 Å². The van der Waals surface area contributed by atoms with Crippen LogP contribution in [0.25, 0.3) is 0 Å². The molecule has 0 aliphatic carbocycles. The highest BCUT2D eigenvalue weighted by atomic mass is 16.4. The van der Waals surface area contributed by atoms with Crippen molar-refractivity contribution in [3.05, 3.63) is 0 Å². The number of urea groups is 1. The molecule has 0 bridgehead atoms. The van der Waals surface area contributed by atoms with Gasteiger partial charge in [0.05, 0.1) is 5.92 Å². The van der Waals surface area contributed by atoms with Gasteiger partial charge in [0.1, 0.15) is 0 Å². The van der Waals surface area contributed by atoms with Crippen molar-refractivity contribution in [1.29, 1.82) is 0 Å². The Hall–Kier alpha value is -1.30. The summed E-state index contributed by atoms with van der Waals surface area (Å²) in [5.41, 5.74) is 0. The van der Waals surface area contributed by atoms with Gasteiger partial charge in [-0.2, -0.15) is 0 Å². The second-order valence-corrected chi connectivity index (χ2v) is 5.88. The van der Waals surface area contributed by atoms with E-state index in [0.717, 1.165) is 38.9 Å². The molecular weight excluding hydrogens is 270 g/mol. The molecule has 0 spiro atoms. The minimum atomic E-state index is -0.834. The number of nitrogens with zero attached hydrogens (tertiary/aromatic N) is 2. The topological polar surface area (TPSA) is 72.9 Å². The lowest BCUT2D eigenvalue weighted by Gasteiger charge is -2.30. The zero-order valence-corrected chi connectivity index (χ0v) is 13.5. The smallest absolute Gasteiger partial charge is 0.317 e. The van der Waals surface area contributed by atoms with Crippen LogP contribution in [-0.2, 0) is 4.79 Å². The van der Waals surface area contributed by atoms with E-state index < -0.39 is 11.9 Å². The standard InChI is InChI=1S/C15H29N3O3/c1-4-7-12(14(19)20)10-16-15(21)18-9-6-8-17(3)11-13(18)5-2/h12-13H,4-11H2,1-3H3,(H,16,21)(H,19,20). The zero-order chi connectivity index (χ0) is 15.8. The molecule has 0 aromatic carbocycles. The molecule has 2 amide bonds. The maximum absolute atomic E-state index is 12.4. The van der Waals surface area contributed by atoms with E-state index in [1.54, 1.807) is 0 Å². The Labute approximate surface area is 127 Å². The van der Waals surface area contributed by atoms with E-state index in [1.807, 2.05) is 11.8 Å². The fourth-order valence-corrected chi connectivity index (χ4v) is 2.83. The van der Waals surface area contributed by atoms with E-state index in [2.05, 4.69) is 24.2 Å². The predicted octanol–water partition coefficient (Wildman–Crippen LogP) is 1.61. The monoisotopic (exact) mass is 299 g/mol. The summed E-state index contributed by atoms with van der Waals surface area (Å²) in [5.74, 6) is -1.33. The van der Waals surface area contributed by atoms with Crippen molar-refractivity contribution in [3.63, 3.8) is 0 Å². The molecule has 0 aromatic heterocycles. The van der Waals surface area contributed by atoms with Crippen LogP contribution < -0.4 is 5.32 Å². The molecule has 122 valence electrons. The molecule has 1 aliphatic heterocycles. The lowest BCUT2D eigenvalue weighted by atomic mass is 10.0. The SMILES string of the molecule is CCCC(CNC(=O)N1CCCN(C)CC1CC)C(=O)O. The molecule has 2 unspecified atom stereocenters. The number of aliphatic carboxylic acids is 1. The highest BCUT2D eigenvalue weighted by Crippen LogP contribution is 2.12. The first-order chi connectivity index (χ1) is 9.99. The molecule has 0 radical (unpaired) electrons.